The molecule has 0 saturated carbocycles. The number of benzene rings is 4. The van der Waals surface area contributed by atoms with Gasteiger partial charge in [0.15, 0.2) is 11.9 Å². The lowest BCUT2D eigenvalue weighted by molar-refractivity contribution is -0.384. The molecule has 2 unspecified atom stereocenters. The first-order chi connectivity index (χ1) is 17.0. The largest absolute Gasteiger partial charge is 0.482 e. The Balaban J connectivity index is 1.67. The van der Waals surface area contributed by atoms with E-state index < -0.39 is 23.0 Å². The van der Waals surface area contributed by atoms with Crippen LogP contribution in [0.5, 0.6) is 5.75 Å². The molecule has 5 rings (SSSR count). The minimum absolute atomic E-state index is 0.124. The zero-order valence-electron chi connectivity index (χ0n) is 18.5. The predicted octanol–water partition coefficient (Wildman–Crippen LogP) is 5.63. The van der Waals surface area contributed by atoms with E-state index in [-0.39, 0.29) is 17.0 Å². The van der Waals surface area contributed by atoms with Gasteiger partial charge in [-0.25, -0.2) is 0 Å². The predicted molar refractivity (Wildman–Crippen MR) is 131 cm³/mol. The van der Waals surface area contributed by atoms with Gasteiger partial charge >= 0.3 is 0 Å². The Morgan fingerprint density at radius 1 is 0.800 bits per heavy atom. The molecule has 7 nitrogen and oxygen atoms in total. The molecule has 1 amide bonds. The highest BCUT2D eigenvalue weighted by Crippen LogP contribution is 2.39. The molecule has 2 atom stereocenters. The van der Waals surface area contributed by atoms with Gasteiger partial charge in [0.1, 0.15) is 11.8 Å². The first-order valence-corrected chi connectivity index (χ1v) is 11.0. The van der Waals surface area contributed by atoms with Crippen LogP contribution in [-0.4, -0.2) is 22.7 Å². The molecule has 0 radical (unpaired) electrons. The van der Waals surface area contributed by atoms with Crippen molar-refractivity contribution in [1.29, 1.82) is 0 Å². The summed E-state index contributed by atoms with van der Waals surface area (Å²) in [6, 6.07) is 29.5. The van der Waals surface area contributed by atoms with Crippen LogP contribution in [0.15, 0.2) is 109 Å². The van der Waals surface area contributed by atoms with Crippen molar-refractivity contribution >= 4 is 23.1 Å². The first kappa shape index (κ1) is 22.0. The Morgan fingerprint density at radius 3 is 2.06 bits per heavy atom. The Hall–Kier alpha value is -4.78. The van der Waals surface area contributed by atoms with Gasteiger partial charge in [0, 0.05) is 23.4 Å². The third-order valence-electron chi connectivity index (χ3n) is 5.95. The second-order valence-electron chi connectivity index (χ2n) is 8.07. The summed E-state index contributed by atoms with van der Waals surface area (Å²) in [5, 5.41) is 11.1. The van der Waals surface area contributed by atoms with Crippen molar-refractivity contribution in [2.45, 2.75) is 12.1 Å². The lowest BCUT2D eigenvalue weighted by Gasteiger charge is -2.39. The molecule has 4 aromatic carbocycles. The van der Waals surface area contributed by atoms with E-state index in [4.69, 9.17) is 4.74 Å². The van der Waals surface area contributed by atoms with Gasteiger partial charge in [-0.3, -0.25) is 24.6 Å². The number of fused-ring (bicyclic) bond motifs is 1. The highest BCUT2D eigenvalue weighted by molar-refractivity contribution is 6.14. The third kappa shape index (κ3) is 4.15. The van der Waals surface area contributed by atoms with Crippen LogP contribution in [0.25, 0.3) is 0 Å². The van der Waals surface area contributed by atoms with Gasteiger partial charge in [0.25, 0.3) is 11.6 Å². The molecule has 0 saturated heterocycles. The number of carbonyl (C=O) groups is 2. The number of hydrogen-bond donors (Lipinski definition) is 0. The van der Waals surface area contributed by atoms with Crippen molar-refractivity contribution in [1.82, 2.24) is 0 Å². The van der Waals surface area contributed by atoms with Crippen LogP contribution >= 0.6 is 0 Å². The fourth-order valence-electron chi connectivity index (χ4n) is 4.27. The van der Waals surface area contributed by atoms with E-state index in [1.165, 1.54) is 29.2 Å². The van der Waals surface area contributed by atoms with Crippen LogP contribution in [0.1, 0.15) is 32.4 Å². The van der Waals surface area contributed by atoms with Crippen molar-refractivity contribution < 1.29 is 19.2 Å². The number of anilines is 1. The average molecular weight is 464 g/mol. The van der Waals surface area contributed by atoms with Crippen LogP contribution in [0.2, 0.25) is 0 Å². The smallest absolute Gasteiger partial charge is 0.269 e. The zero-order chi connectivity index (χ0) is 24.4. The molecule has 1 heterocycles. The summed E-state index contributed by atoms with van der Waals surface area (Å²) in [6.07, 6.45) is -0.763. The lowest BCUT2D eigenvalue weighted by atomic mass is 9.89. The number of hydrogen-bond acceptors (Lipinski definition) is 5. The average Bonchev–Trinajstić information content (AvgIpc) is 2.91. The zero-order valence-corrected chi connectivity index (χ0v) is 18.5. The number of rotatable bonds is 5. The molecule has 1 aliphatic rings. The van der Waals surface area contributed by atoms with Crippen LogP contribution in [-0.2, 0) is 0 Å². The SMILES string of the molecule is O=C1c2ccccc2OC(c2ccccc2)C1N(C(=O)c1ccc([N+](=O)[O-])cc1)c1ccccc1. The van der Waals surface area contributed by atoms with E-state index in [2.05, 4.69) is 0 Å². The van der Waals surface area contributed by atoms with Crippen LogP contribution < -0.4 is 9.64 Å². The van der Waals surface area contributed by atoms with E-state index >= 15 is 0 Å². The van der Waals surface area contributed by atoms with Crippen molar-refractivity contribution in [2.24, 2.45) is 0 Å². The molecule has 0 aliphatic carbocycles. The monoisotopic (exact) mass is 464 g/mol. The summed E-state index contributed by atoms with van der Waals surface area (Å²) >= 11 is 0. The summed E-state index contributed by atoms with van der Waals surface area (Å²) in [4.78, 5) is 39.8. The van der Waals surface area contributed by atoms with Gasteiger partial charge in [-0.15, -0.1) is 0 Å². The molecule has 0 N–H and O–H groups in total. The van der Waals surface area contributed by atoms with Crippen LogP contribution in [0.4, 0.5) is 11.4 Å². The van der Waals surface area contributed by atoms with E-state index in [0.29, 0.717) is 17.0 Å². The molecule has 0 aromatic heterocycles. The molecule has 4 aromatic rings. The van der Waals surface area contributed by atoms with E-state index in [1.54, 1.807) is 48.5 Å². The highest BCUT2D eigenvalue weighted by atomic mass is 16.6. The quantitative estimate of drug-likeness (QED) is 0.282. The Morgan fingerprint density at radius 2 is 1.40 bits per heavy atom. The lowest BCUT2D eigenvalue weighted by Crippen LogP contribution is -2.52. The van der Waals surface area contributed by atoms with Gasteiger partial charge in [0.05, 0.1) is 10.5 Å². The molecule has 0 spiro atoms. The van der Waals surface area contributed by atoms with E-state index in [1.807, 2.05) is 36.4 Å². The minimum atomic E-state index is -1.00. The van der Waals surface area contributed by atoms with Gasteiger partial charge in [-0.2, -0.15) is 0 Å². The standard InChI is InChI=1S/C28H20N2O5/c31-26-23-13-7-8-14-24(23)35-27(19-9-3-1-4-10-19)25(26)29(21-11-5-2-6-12-21)28(32)20-15-17-22(18-16-20)30(33)34/h1-18,25,27H. The summed E-state index contributed by atoms with van der Waals surface area (Å²) in [6.45, 7) is 0. The van der Waals surface area contributed by atoms with E-state index in [0.717, 1.165) is 5.56 Å². The molecule has 0 fully saturated rings. The number of ether oxygens (including phenoxy) is 1. The number of amides is 1. The van der Waals surface area contributed by atoms with Crippen molar-refractivity contribution in [3.05, 3.63) is 136 Å². The van der Waals surface area contributed by atoms with E-state index in [9.17, 15) is 19.7 Å². The van der Waals surface area contributed by atoms with Crippen molar-refractivity contribution in [2.75, 3.05) is 4.90 Å². The van der Waals surface area contributed by atoms with Gasteiger partial charge < -0.3 is 4.74 Å². The molecule has 0 bridgehead atoms. The van der Waals surface area contributed by atoms with Crippen molar-refractivity contribution in [3.8, 4) is 5.75 Å². The number of nitro benzene ring substituents is 1. The fraction of sp³-hybridized carbons (Fsp3) is 0.0714. The second-order valence-corrected chi connectivity index (χ2v) is 8.07. The molecular weight excluding hydrogens is 444 g/mol. The first-order valence-electron chi connectivity index (χ1n) is 11.0. The molecule has 1 aliphatic heterocycles. The number of carbonyl (C=O) groups excluding carboxylic acids is 2. The normalized spacial score (nSPS) is 16.6. The molecule has 7 heteroatoms. The minimum Gasteiger partial charge on any atom is -0.482 e. The molecule has 172 valence electrons. The summed E-state index contributed by atoms with van der Waals surface area (Å²) < 4.78 is 6.34. The Kier molecular flexibility index (Phi) is 5.81. The fourth-order valence-corrected chi connectivity index (χ4v) is 4.27. The maximum atomic E-state index is 13.9. The Labute approximate surface area is 201 Å². The van der Waals surface area contributed by atoms with Crippen LogP contribution in [0, 0.1) is 10.1 Å². The summed E-state index contributed by atoms with van der Waals surface area (Å²) in [7, 11) is 0. The summed E-state index contributed by atoms with van der Waals surface area (Å²) in [5.74, 6) is -0.258. The number of nitro groups is 1. The van der Waals surface area contributed by atoms with Crippen LogP contribution in [0.3, 0.4) is 0 Å². The molecule has 35 heavy (non-hydrogen) atoms. The topological polar surface area (TPSA) is 89.8 Å². The third-order valence-corrected chi connectivity index (χ3v) is 5.95. The summed E-state index contributed by atoms with van der Waals surface area (Å²) in [5.41, 5.74) is 1.75. The van der Waals surface area contributed by atoms with Gasteiger partial charge in [-0.05, 0) is 42.0 Å². The highest BCUT2D eigenvalue weighted by Gasteiger charge is 2.44. The van der Waals surface area contributed by atoms with Gasteiger partial charge in [0.2, 0.25) is 0 Å². The number of ketones is 1. The number of Topliss-reactive ketones (excluding diaryl/α,β-unsaturated/α-hetero) is 1. The Bertz CT molecular complexity index is 1390. The number of non-ortho nitro benzene ring substituents is 1. The maximum absolute atomic E-state index is 13.9. The van der Waals surface area contributed by atoms with Crippen molar-refractivity contribution in [3.63, 3.8) is 0 Å². The molecular formula is C28H20N2O5. The number of nitrogens with zero attached hydrogens (tertiary/aromatic N) is 2. The van der Waals surface area contributed by atoms with Gasteiger partial charge in [-0.1, -0.05) is 60.7 Å². The number of para-hydroxylation sites is 2. The second kappa shape index (κ2) is 9.23. The maximum Gasteiger partial charge on any atom is 0.269 e.